The van der Waals surface area contributed by atoms with Gasteiger partial charge in [-0.25, -0.2) is 4.98 Å². The van der Waals surface area contributed by atoms with E-state index in [1.54, 1.807) is 36.9 Å². The van der Waals surface area contributed by atoms with Crippen LogP contribution in [-0.2, 0) is 0 Å². The Morgan fingerprint density at radius 1 is 1.00 bits per heavy atom. The summed E-state index contributed by atoms with van der Waals surface area (Å²) in [4.78, 5) is 21.3. The molecule has 0 saturated carbocycles. The molecule has 0 saturated heterocycles. The van der Waals surface area contributed by atoms with Crippen molar-refractivity contribution < 1.29 is 4.79 Å². The maximum Gasteiger partial charge on any atom is 0.256 e. The summed E-state index contributed by atoms with van der Waals surface area (Å²) >= 11 is 0. The van der Waals surface area contributed by atoms with E-state index >= 15 is 0 Å². The third kappa shape index (κ3) is 4.33. The van der Waals surface area contributed by atoms with E-state index < -0.39 is 0 Å². The summed E-state index contributed by atoms with van der Waals surface area (Å²) in [5.41, 5.74) is 2.87. The van der Waals surface area contributed by atoms with E-state index in [-0.39, 0.29) is 11.9 Å². The van der Waals surface area contributed by atoms with Crippen LogP contribution in [0.2, 0.25) is 0 Å². The first kappa shape index (κ1) is 19.3. The number of hydrogen-bond acceptors (Lipinski definition) is 6. The van der Waals surface area contributed by atoms with Crippen molar-refractivity contribution in [3.63, 3.8) is 0 Å². The average molecular weight is 399 g/mol. The van der Waals surface area contributed by atoms with Crippen molar-refractivity contribution >= 4 is 23.1 Å². The maximum atomic E-state index is 12.8. The summed E-state index contributed by atoms with van der Waals surface area (Å²) < 4.78 is 1.93. The molecule has 0 aliphatic rings. The number of pyridine rings is 2. The Morgan fingerprint density at radius 2 is 1.80 bits per heavy atom. The molecule has 30 heavy (non-hydrogen) atoms. The van der Waals surface area contributed by atoms with E-state index in [4.69, 9.17) is 0 Å². The molecule has 2 N–H and O–H groups in total. The fraction of sp³-hybridized carbons (Fsp3) is 0.136. The largest absolute Gasteiger partial charge is 0.355 e. The summed E-state index contributed by atoms with van der Waals surface area (Å²) in [6, 6.07) is 16.6. The van der Waals surface area contributed by atoms with Gasteiger partial charge < -0.3 is 15.2 Å². The molecule has 0 fully saturated rings. The first-order chi connectivity index (χ1) is 14.6. The molecule has 8 heteroatoms. The summed E-state index contributed by atoms with van der Waals surface area (Å²) in [7, 11) is 0. The average Bonchev–Trinajstić information content (AvgIpc) is 3.25. The molecule has 3 heterocycles. The second kappa shape index (κ2) is 8.52. The molecule has 0 aliphatic carbocycles. The molecular formula is C22H21N7O. The zero-order chi connectivity index (χ0) is 20.9. The molecule has 1 amide bonds. The third-order valence-corrected chi connectivity index (χ3v) is 4.44. The van der Waals surface area contributed by atoms with Crippen LogP contribution < -0.4 is 10.6 Å². The van der Waals surface area contributed by atoms with Gasteiger partial charge in [0.05, 0.1) is 0 Å². The molecule has 8 nitrogen and oxygen atoms in total. The summed E-state index contributed by atoms with van der Waals surface area (Å²) in [6.45, 7) is 4.09. The van der Waals surface area contributed by atoms with E-state index in [9.17, 15) is 4.79 Å². The second-order valence-electron chi connectivity index (χ2n) is 6.96. The number of anilines is 3. The Morgan fingerprint density at radius 3 is 2.60 bits per heavy atom. The molecule has 0 unspecified atom stereocenters. The fourth-order valence-corrected chi connectivity index (χ4v) is 2.96. The van der Waals surface area contributed by atoms with Crippen molar-refractivity contribution in [2.24, 2.45) is 0 Å². The third-order valence-electron chi connectivity index (χ3n) is 4.44. The molecule has 3 aromatic heterocycles. The lowest BCUT2D eigenvalue weighted by molar-refractivity contribution is 0.102. The number of benzene rings is 1. The van der Waals surface area contributed by atoms with Gasteiger partial charge in [0.25, 0.3) is 5.91 Å². The minimum atomic E-state index is -0.247. The lowest BCUT2D eigenvalue weighted by Gasteiger charge is -2.11. The number of hydrogen-bond donors (Lipinski definition) is 2. The second-order valence-corrected chi connectivity index (χ2v) is 6.96. The van der Waals surface area contributed by atoms with Crippen LogP contribution in [0.15, 0.2) is 73.3 Å². The van der Waals surface area contributed by atoms with Gasteiger partial charge >= 0.3 is 0 Å². The van der Waals surface area contributed by atoms with Crippen molar-refractivity contribution in [1.29, 1.82) is 0 Å². The molecular weight excluding hydrogens is 378 g/mol. The highest BCUT2D eigenvalue weighted by atomic mass is 16.1. The van der Waals surface area contributed by atoms with Crippen molar-refractivity contribution in [1.82, 2.24) is 24.7 Å². The number of aromatic nitrogens is 5. The standard InChI is InChI=1S/C22H21N7O/c1-15(2)29-14-24-28-21(29)19-7-4-8-20(26-19)27-22(30)16-5-3-6-18(13-16)25-17-9-11-23-12-10-17/h3-15H,1-2H3,(H,23,25)(H,26,27,30). The Hall–Kier alpha value is -4.07. The Kier molecular flexibility index (Phi) is 5.47. The van der Waals surface area contributed by atoms with E-state index in [1.165, 1.54) is 0 Å². The first-order valence-corrected chi connectivity index (χ1v) is 9.55. The van der Waals surface area contributed by atoms with Gasteiger partial charge in [0, 0.05) is 35.4 Å². The van der Waals surface area contributed by atoms with Crippen molar-refractivity contribution in [2.45, 2.75) is 19.9 Å². The molecule has 150 valence electrons. The lowest BCUT2D eigenvalue weighted by atomic mass is 10.2. The first-order valence-electron chi connectivity index (χ1n) is 9.55. The highest BCUT2D eigenvalue weighted by Gasteiger charge is 2.13. The van der Waals surface area contributed by atoms with Gasteiger partial charge in [0.2, 0.25) is 0 Å². The fourth-order valence-electron chi connectivity index (χ4n) is 2.96. The van der Waals surface area contributed by atoms with Gasteiger partial charge in [-0.2, -0.15) is 0 Å². The van der Waals surface area contributed by atoms with Crippen molar-refractivity contribution in [3.05, 3.63) is 78.9 Å². The SMILES string of the molecule is CC(C)n1cnnc1-c1cccc(NC(=O)c2cccc(Nc3ccncc3)c2)n1. The van der Waals surface area contributed by atoms with Crippen LogP contribution in [0.25, 0.3) is 11.5 Å². The summed E-state index contributed by atoms with van der Waals surface area (Å²) in [6.07, 6.45) is 5.09. The van der Waals surface area contributed by atoms with Gasteiger partial charge in [0.15, 0.2) is 5.82 Å². The topological polar surface area (TPSA) is 97.6 Å². The number of nitrogens with one attached hydrogen (secondary N) is 2. The van der Waals surface area contributed by atoms with Crippen molar-refractivity contribution in [3.8, 4) is 11.5 Å². The number of carbonyl (C=O) groups is 1. The molecule has 0 aliphatic heterocycles. The summed E-state index contributed by atoms with van der Waals surface area (Å²) in [5.74, 6) is 0.858. The molecule has 4 rings (SSSR count). The van der Waals surface area contributed by atoms with Gasteiger partial charge in [0.1, 0.15) is 17.8 Å². The minimum Gasteiger partial charge on any atom is -0.355 e. The normalized spacial score (nSPS) is 10.8. The Labute approximate surface area is 174 Å². The predicted octanol–water partition coefficient (Wildman–Crippen LogP) is 4.31. The quantitative estimate of drug-likeness (QED) is 0.501. The highest BCUT2D eigenvalue weighted by molar-refractivity contribution is 6.04. The zero-order valence-corrected chi connectivity index (χ0v) is 16.6. The monoisotopic (exact) mass is 399 g/mol. The van der Waals surface area contributed by atoms with Crippen molar-refractivity contribution in [2.75, 3.05) is 10.6 Å². The summed E-state index contributed by atoms with van der Waals surface area (Å²) in [5, 5.41) is 14.2. The zero-order valence-electron chi connectivity index (χ0n) is 16.6. The Bertz CT molecular complexity index is 1150. The van der Waals surface area contributed by atoms with Crippen LogP contribution in [0.3, 0.4) is 0 Å². The van der Waals surface area contributed by atoms with Crippen LogP contribution in [0.1, 0.15) is 30.2 Å². The lowest BCUT2D eigenvalue weighted by Crippen LogP contribution is -2.13. The number of amides is 1. The van der Waals surface area contributed by atoms with Crippen LogP contribution in [-0.4, -0.2) is 30.6 Å². The Balaban J connectivity index is 1.52. The predicted molar refractivity (Wildman–Crippen MR) is 116 cm³/mol. The van der Waals surface area contributed by atoms with E-state index in [2.05, 4.69) is 30.8 Å². The van der Waals surface area contributed by atoms with E-state index in [0.717, 1.165) is 11.4 Å². The number of rotatable bonds is 6. The molecule has 0 atom stereocenters. The smallest absolute Gasteiger partial charge is 0.256 e. The van der Waals surface area contributed by atoms with Gasteiger partial charge in [-0.3, -0.25) is 9.78 Å². The molecule has 4 aromatic rings. The van der Waals surface area contributed by atoms with Gasteiger partial charge in [-0.15, -0.1) is 10.2 Å². The van der Waals surface area contributed by atoms with Crippen LogP contribution in [0, 0.1) is 0 Å². The van der Waals surface area contributed by atoms with E-state index in [1.807, 2.05) is 54.8 Å². The molecule has 0 bridgehead atoms. The van der Waals surface area contributed by atoms with Crippen LogP contribution >= 0.6 is 0 Å². The molecule has 0 spiro atoms. The van der Waals surface area contributed by atoms with Gasteiger partial charge in [-0.1, -0.05) is 12.1 Å². The number of nitrogens with zero attached hydrogens (tertiary/aromatic N) is 5. The minimum absolute atomic E-state index is 0.200. The molecule has 1 aromatic carbocycles. The van der Waals surface area contributed by atoms with Crippen LogP contribution in [0.5, 0.6) is 0 Å². The highest BCUT2D eigenvalue weighted by Crippen LogP contribution is 2.21. The van der Waals surface area contributed by atoms with Gasteiger partial charge in [-0.05, 0) is 56.3 Å². The maximum absolute atomic E-state index is 12.8. The number of carbonyl (C=O) groups excluding carboxylic acids is 1. The van der Waals surface area contributed by atoms with Crippen LogP contribution in [0.4, 0.5) is 17.2 Å². The molecule has 0 radical (unpaired) electrons. The van der Waals surface area contributed by atoms with E-state index in [0.29, 0.717) is 22.9 Å².